The molecule has 1 N–H and O–H groups in total. The van der Waals surface area contributed by atoms with E-state index in [1.165, 1.54) is 0 Å². The van der Waals surface area contributed by atoms with Crippen molar-refractivity contribution < 1.29 is 13.6 Å². The van der Waals surface area contributed by atoms with E-state index in [1.807, 2.05) is 30.3 Å². The number of benzene rings is 2. The highest BCUT2D eigenvalue weighted by atomic mass is 79.9. The van der Waals surface area contributed by atoms with Crippen molar-refractivity contribution in [2.45, 2.75) is 4.83 Å². The number of carbonyl (C=O) groups excluding carboxylic acids is 1. The zero-order valence-electron chi connectivity index (χ0n) is 10.4. The van der Waals surface area contributed by atoms with E-state index >= 15 is 0 Å². The van der Waals surface area contributed by atoms with Gasteiger partial charge in [-0.15, -0.1) is 0 Å². The number of amides is 1. The van der Waals surface area contributed by atoms with Crippen molar-refractivity contribution in [1.29, 1.82) is 0 Å². The lowest BCUT2D eigenvalue weighted by atomic mass is 10.1. The Morgan fingerprint density at radius 1 is 1.15 bits per heavy atom. The van der Waals surface area contributed by atoms with Gasteiger partial charge in [0.15, 0.2) is 0 Å². The molecule has 1 amide bonds. The monoisotopic (exact) mass is 339 g/mol. The van der Waals surface area contributed by atoms with Crippen molar-refractivity contribution in [2.75, 3.05) is 6.54 Å². The first-order chi connectivity index (χ1) is 9.58. The number of carbonyl (C=O) groups is 1. The molecule has 0 radical (unpaired) electrons. The van der Waals surface area contributed by atoms with E-state index in [2.05, 4.69) is 21.2 Å². The van der Waals surface area contributed by atoms with Crippen LogP contribution < -0.4 is 5.32 Å². The second-order valence-corrected chi connectivity index (χ2v) is 5.32. The highest BCUT2D eigenvalue weighted by Gasteiger charge is 2.14. The Labute approximate surface area is 123 Å². The topological polar surface area (TPSA) is 29.1 Å². The number of hydrogen-bond acceptors (Lipinski definition) is 1. The van der Waals surface area contributed by atoms with Crippen molar-refractivity contribution in [1.82, 2.24) is 5.32 Å². The first kappa shape index (κ1) is 14.7. The molecule has 104 valence electrons. The smallest absolute Gasteiger partial charge is 0.254 e. The third-order valence-corrected chi connectivity index (χ3v) is 3.63. The molecular formula is C15H12BrF2NO. The van der Waals surface area contributed by atoms with Crippen molar-refractivity contribution in [3.05, 3.63) is 71.3 Å². The van der Waals surface area contributed by atoms with Crippen LogP contribution in [0.25, 0.3) is 0 Å². The van der Waals surface area contributed by atoms with Crippen LogP contribution in [0.1, 0.15) is 20.7 Å². The third-order valence-electron chi connectivity index (χ3n) is 2.78. The quantitative estimate of drug-likeness (QED) is 0.842. The number of rotatable bonds is 4. The molecule has 0 fully saturated rings. The van der Waals surface area contributed by atoms with Crippen molar-refractivity contribution in [3.63, 3.8) is 0 Å². The minimum absolute atomic E-state index is 0.0933. The Morgan fingerprint density at radius 2 is 1.85 bits per heavy atom. The van der Waals surface area contributed by atoms with Crippen LogP contribution in [0.2, 0.25) is 0 Å². The molecule has 2 aromatic carbocycles. The molecule has 1 atom stereocenters. The summed E-state index contributed by atoms with van der Waals surface area (Å²) in [6, 6.07) is 12.3. The molecule has 0 saturated heterocycles. The highest BCUT2D eigenvalue weighted by molar-refractivity contribution is 9.09. The van der Waals surface area contributed by atoms with Gasteiger partial charge in [0.2, 0.25) is 0 Å². The zero-order valence-corrected chi connectivity index (χ0v) is 12.0. The SMILES string of the molecule is O=C(NCC(Br)c1ccccc1)c1cc(F)ccc1F. The Bertz CT molecular complexity index is 604. The van der Waals surface area contributed by atoms with Crippen molar-refractivity contribution >= 4 is 21.8 Å². The molecule has 1 unspecified atom stereocenters. The van der Waals surface area contributed by atoms with E-state index in [0.29, 0.717) is 0 Å². The van der Waals surface area contributed by atoms with Gasteiger partial charge in [0, 0.05) is 6.54 Å². The number of hydrogen-bond donors (Lipinski definition) is 1. The fourth-order valence-electron chi connectivity index (χ4n) is 1.73. The number of alkyl halides is 1. The van der Waals surface area contributed by atoms with Gasteiger partial charge in [0.25, 0.3) is 5.91 Å². The Kier molecular flexibility index (Phi) is 4.84. The Balaban J connectivity index is 2.00. The lowest BCUT2D eigenvalue weighted by Gasteiger charge is -2.12. The molecule has 2 nitrogen and oxygen atoms in total. The number of halogens is 3. The van der Waals surface area contributed by atoms with Crippen LogP contribution in [0, 0.1) is 11.6 Å². The molecule has 20 heavy (non-hydrogen) atoms. The first-order valence-electron chi connectivity index (χ1n) is 6.00. The zero-order chi connectivity index (χ0) is 14.5. The van der Waals surface area contributed by atoms with Gasteiger partial charge in [-0.2, -0.15) is 0 Å². The van der Waals surface area contributed by atoms with E-state index in [1.54, 1.807) is 0 Å². The average molecular weight is 340 g/mol. The second kappa shape index (κ2) is 6.61. The van der Waals surface area contributed by atoms with Gasteiger partial charge in [-0.1, -0.05) is 46.3 Å². The second-order valence-electron chi connectivity index (χ2n) is 4.21. The van der Waals surface area contributed by atoms with Crippen LogP contribution in [0.4, 0.5) is 8.78 Å². The molecule has 2 aromatic rings. The minimum atomic E-state index is -0.741. The van der Waals surface area contributed by atoms with E-state index in [0.717, 1.165) is 23.8 Å². The van der Waals surface area contributed by atoms with Crippen LogP contribution in [-0.4, -0.2) is 12.5 Å². The average Bonchev–Trinajstić information content (AvgIpc) is 2.47. The molecule has 0 aliphatic heterocycles. The van der Waals surface area contributed by atoms with Crippen LogP contribution in [0.5, 0.6) is 0 Å². The number of nitrogens with one attached hydrogen (secondary N) is 1. The fourth-order valence-corrected chi connectivity index (χ4v) is 2.20. The van der Waals surface area contributed by atoms with Crippen molar-refractivity contribution in [3.8, 4) is 0 Å². The summed E-state index contributed by atoms with van der Waals surface area (Å²) < 4.78 is 26.4. The molecule has 0 aromatic heterocycles. The summed E-state index contributed by atoms with van der Waals surface area (Å²) in [5.74, 6) is -2.02. The minimum Gasteiger partial charge on any atom is -0.350 e. The first-order valence-corrected chi connectivity index (χ1v) is 6.92. The van der Waals surface area contributed by atoms with E-state index < -0.39 is 17.5 Å². The summed E-state index contributed by atoms with van der Waals surface area (Å²) in [7, 11) is 0. The highest BCUT2D eigenvalue weighted by Crippen LogP contribution is 2.21. The molecule has 0 heterocycles. The van der Waals surface area contributed by atoms with Crippen LogP contribution >= 0.6 is 15.9 Å². The Hall–Kier alpha value is -1.75. The van der Waals surface area contributed by atoms with Gasteiger partial charge in [-0.05, 0) is 23.8 Å². The van der Waals surface area contributed by atoms with E-state index in [-0.39, 0.29) is 16.9 Å². The standard InChI is InChI=1S/C15H12BrF2NO/c16-13(10-4-2-1-3-5-10)9-19-15(20)12-8-11(17)6-7-14(12)18/h1-8,13H,9H2,(H,19,20). The molecule has 2 rings (SSSR count). The lowest BCUT2D eigenvalue weighted by Crippen LogP contribution is -2.27. The summed E-state index contributed by atoms with van der Waals surface area (Å²) in [6.45, 7) is 0.277. The van der Waals surface area contributed by atoms with Gasteiger partial charge in [0.05, 0.1) is 10.4 Å². The van der Waals surface area contributed by atoms with Gasteiger partial charge < -0.3 is 5.32 Å². The Morgan fingerprint density at radius 3 is 2.55 bits per heavy atom. The summed E-state index contributed by atoms with van der Waals surface area (Å²) in [4.78, 5) is 11.7. The van der Waals surface area contributed by atoms with Crippen LogP contribution in [0.15, 0.2) is 48.5 Å². The molecule has 0 aliphatic rings. The van der Waals surface area contributed by atoms with Crippen LogP contribution in [-0.2, 0) is 0 Å². The maximum absolute atomic E-state index is 13.4. The fraction of sp³-hybridized carbons (Fsp3) is 0.133. The van der Waals surface area contributed by atoms with Crippen LogP contribution in [0.3, 0.4) is 0 Å². The molecule has 0 saturated carbocycles. The van der Waals surface area contributed by atoms with E-state index in [9.17, 15) is 13.6 Å². The maximum atomic E-state index is 13.4. The van der Waals surface area contributed by atoms with Gasteiger partial charge >= 0.3 is 0 Å². The third kappa shape index (κ3) is 3.63. The van der Waals surface area contributed by atoms with Gasteiger partial charge in [0.1, 0.15) is 11.6 Å². The summed E-state index contributed by atoms with van der Waals surface area (Å²) >= 11 is 3.44. The molecule has 5 heteroatoms. The van der Waals surface area contributed by atoms with E-state index in [4.69, 9.17) is 0 Å². The maximum Gasteiger partial charge on any atom is 0.254 e. The normalized spacial score (nSPS) is 11.9. The molecule has 0 spiro atoms. The van der Waals surface area contributed by atoms with Gasteiger partial charge in [-0.3, -0.25) is 4.79 Å². The van der Waals surface area contributed by atoms with Gasteiger partial charge in [-0.25, -0.2) is 8.78 Å². The largest absolute Gasteiger partial charge is 0.350 e. The predicted octanol–water partition coefficient (Wildman–Crippen LogP) is 3.83. The molecular weight excluding hydrogens is 328 g/mol. The molecule has 0 bridgehead atoms. The lowest BCUT2D eigenvalue weighted by molar-refractivity contribution is 0.0949. The summed E-state index contributed by atoms with van der Waals surface area (Å²) in [5.41, 5.74) is 0.699. The predicted molar refractivity (Wildman–Crippen MR) is 76.8 cm³/mol. The summed E-state index contributed by atoms with van der Waals surface area (Å²) in [6.07, 6.45) is 0. The summed E-state index contributed by atoms with van der Waals surface area (Å²) in [5, 5.41) is 2.57. The van der Waals surface area contributed by atoms with Crippen molar-refractivity contribution in [2.24, 2.45) is 0 Å². The molecule has 0 aliphatic carbocycles.